The van der Waals surface area contributed by atoms with Gasteiger partial charge < -0.3 is 15.2 Å². The number of ether oxygens (including phenoxy) is 2. The molecule has 4 nitrogen and oxygen atoms in total. The molecule has 0 amide bonds. The third kappa shape index (κ3) is 2.36. The van der Waals surface area contributed by atoms with E-state index < -0.39 is 0 Å². The molecule has 1 saturated heterocycles. The third-order valence-corrected chi connectivity index (χ3v) is 4.72. The minimum Gasteiger partial charge on any atom is -0.377 e. The summed E-state index contributed by atoms with van der Waals surface area (Å²) < 4.78 is 11.0. The zero-order valence-corrected chi connectivity index (χ0v) is 11.5. The summed E-state index contributed by atoms with van der Waals surface area (Å²) in [6, 6.07) is 0.749. The fraction of sp³-hybridized carbons (Fsp3) is 1.00. The minimum atomic E-state index is 0.191. The predicted molar refractivity (Wildman–Crippen MR) is 67.9 cm³/mol. The molecule has 0 bridgehead atoms. The van der Waals surface area contributed by atoms with E-state index in [4.69, 9.17) is 15.2 Å². The van der Waals surface area contributed by atoms with Crippen molar-refractivity contribution in [3.05, 3.63) is 0 Å². The Morgan fingerprint density at radius 2 is 1.65 bits per heavy atom. The van der Waals surface area contributed by atoms with Crippen molar-refractivity contribution in [2.45, 2.75) is 51.0 Å². The second kappa shape index (κ2) is 4.84. The van der Waals surface area contributed by atoms with Crippen LogP contribution in [0.4, 0.5) is 0 Å². The van der Waals surface area contributed by atoms with Crippen molar-refractivity contribution in [3.63, 3.8) is 0 Å². The molecule has 100 valence electrons. The Labute approximate surface area is 104 Å². The van der Waals surface area contributed by atoms with E-state index in [1.54, 1.807) is 14.2 Å². The number of nitrogens with zero attached hydrogens (tertiary/aromatic N) is 1. The highest BCUT2D eigenvalue weighted by Gasteiger charge is 2.46. The zero-order valence-electron chi connectivity index (χ0n) is 11.5. The van der Waals surface area contributed by atoms with E-state index in [0.717, 1.165) is 13.1 Å². The molecular weight excluding hydrogens is 216 g/mol. The van der Waals surface area contributed by atoms with E-state index in [9.17, 15) is 0 Å². The number of methoxy groups -OCH3 is 2. The van der Waals surface area contributed by atoms with Crippen LogP contribution in [0.2, 0.25) is 0 Å². The number of hydrogen-bond acceptors (Lipinski definition) is 4. The Hall–Kier alpha value is -0.160. The van der Waals surface area contributed by atoms with Crippen LogP contribution in [0, 0.1) is 5.41 Å². The molecule has 1 heterocycles. The molecule has 0 spiro atoms. The van der Waals surface area contributed by atoms with Crippen LogP contribution in [-0.4, -0.2) is 56.5 Å². The van der Waals surface area contributed by atoms with Crippen molar-refractivity contribution in [2.24, 2.45) is 11.1 Å². The first-order chi connectivity index (χ1) is 7.99. The largest absolute Gasteiger partial charge is 0.377 e. The molecule has 1 saturated carbocycles. The average Bonchev–Trinajstić information content (AvgIpc) is 2.82. The molecule has 4 heteroatoms. The summed E-state index contributed by atoms with van der Waals surface area (Å²) in [5.41, 5.74) is 6.65. The Balaban J connectivity index is 2.01. The van der Waals surface area contributed by atoms with Gasteiger partial charge in [0.2, 0.25) is 0 Å². The van der Waals surface area contributed by atoms with E-state index >= 15 is 0 Å². The van der Waals surface area contributed by atoms with Gasteiger partial charge in [-0.25, -0.2) is 0 Å². The average molecular weight is 242 g/mol. The Bertz CT molecular complexity index is 258. The molecule has 4 unspecified atom stereocenters. The highest BCUT2D eigenvalue weighted by Crippen LogP contribution is 2.39. The summed E-state index contributed by atoms with van der Waals surface area (Å²) in [4.78, 5) is 2.46. The molecule has 4 atom stereocenters. The zero-order chi connectivity index (χ0) is 12.6. The lowest BCUT2D eigenvalue weighted by Crippen LogP contribution is -2.48. The van der Waals surface area contributed by atoms with Gasteiger partial charge in [0.15, 0.2) is 0 Å². The van der Waals surface area contributed by atoms with E-state index in [0.29, 0.717) is 6.04 Å². The lowest BCUT2D eigenvalue weighted by atomic mass is 9.87. The molecule has 2 fully saturated rings. The van der Waals surface area contributed by atoms with Gasteiger partial charge in [-0.15, -0.1) is 0 Å². The first-order valence-electron chi connectivity index (χ1n) is 6.55. The number of likely N-dealkylation sites (tertiary alicyclic amines) is 1. The van der Waals surface area contributed by atoms with Crippen molar-refractivity contribution < 1.29 is 9.47 Å². The second-order valence-electron chi connectivity index (χ2n) is 6.12. The maximum Gasteiger partial charge on any atom is 0.0971 e. The lowest BCUT2D eigenvalue weighted by molar-refractivity contribution is -0.00461. The fourth-order valence-corrected chi connectivity index (χ4v) is 3.29. The Kier molecular flexibility index (Phi) is 3.78. The van der Waals surface area contributed by atoms with Crippen LogP contribution in [-0.2, 0) is 9.47 Å². The summed E-state index contributed by atoms with van der Waals surface area (Å²) in [6.45, 7) is 6.44. The minimum absolute atomic E-state index is 0.191. The lowest BCUT2D eigenvalue weighted by Gasteiger charge is -2.32. The molecular formula is C13H26N2O2. The monoisotopic (exact) mass is 242 g/mol. The van der Waals surface area contributed by atoms with E-state index in [1.165, 1.54) is 12.8 Å². The van der Waals surface area contributed by atoms with E-state index in [1.807, 2.05) is 0 Å². The summed E-state index contributed by atoms with van der Waals surface area (Å²) >= 11 is 0. The molecule has 0 aromatic rings. The molecule has 0 aromatic heterocycles. The number of nitrogens with two attached hydrogens (primary N) is 1. The van der Waals surface area contributed by atoms with Crippen LogP contribution in [0.1, 0.15) is 26.7 Å². The standard InChI is InChI=1S/C13H26N2O2/c1-13(2)6-5-9(12(13)14)15-7-10(16-3)11(8-15)17-4/h9-12H,5-8,14H2,1-4H3. The molecule has 2 N–H and O–H groups in total. The molecule has 1 aliphatic heterocycles. The third-order valence-electron chi connectivity index (χ3n) is 4.72. The van der Waals surface area contributed by atoms with Gasteiger partial charge in [0.05, 0.1) is 12.2 Å². The highest BCUT2D eigenvalue weighted by atomic mass is 16.5. The van der Waals surface area contributed by atoms with Crippen LogP contribution in [0.25, 0.3) is 0 Å². The Morgan fingerprint density at radius 3 is 2.00 bits per heavy atom. The smallest absolute Gasteiger partial charge is 0.0971 e. The quantitative estimate of drug-likeness (QED) is 0.797. The van der Waals surface area contributed by atoms with E-state index in [-0.39, 0.29) is 23.7 Å². The van der Waals surface area contributed by atoms with Gasteiger partial charge >= 0.3 is 0 Å². The summed E-state index contributed by atoms with van der Waals surface area (Å²) in [6.07, 6.45) is 2.79. The first kappa shape index (κ1) is 13.3. The van der Waals surface area contributed by atoms with Crippen LogP contribution >= 0.6 is 0 Å². The van der Waals surface area contributed by atoms with Crippen molar-refractivity contribution in [1.82, 2.24) is 4.90 Å². The fourth-order valence-electron chi connectivity index (χ4n) is 3.29. The highest BCUT2D eigenvalue weighted by molar-refractivity contribution is 5.02. The van der Waals surface area contributed by atoms with Crippen molar-refractivity contribution >= 4 is 0 Å². The molecule has 17 heavy (non-hydrogen) atoms. The maximum atomic E-state index is 6.39. The van der Waals surface area contributed by atoms with Gasteiger partial charge in [0.25, 0.3) is 0 Å². The van der Waals surface area contributed by atoms with Gasteiger partial charge in [-0.2, -0.15) is 0 Å². The van der Waals surface area contributed by atoms with Crippen LogP contribution in [0.3, 0.4) is 0 Å². The van der Waals surface area contributed by atoms with Crippen molar-refractivity contribution in [2.75, 3.05) is 27.3 Å². The Morgan fingerprint density at radius 1 is 1.12 bits per heavy atom. The molecule has 0 aromatic carbocycles. The molecule has 0 radical (unpaired) electrons. The maximum absolute atomic E-state index is 6.39. The van der Waals surface area contributed by atoms with Crippen LogP contribution < -0.4 is 5.73 Å². The number of rotatable bonds is 3. The summed E-state index contributed by atoms with van der Waals surface area (Å²) in [7, 11) is 3.53. The van der Waals surface area contributed by atoms with Crippen LogP contribution in [0.15, 0.2) is 0 Å². The topological polar surface area (TPSA) is 47.7 Å². The normalized spacial score (nSPS) is 42.2. The molecule has 1 aliphatic carbocycles. The second-order valence-corrected chi connectivity index (χ2v) is 6.12. The first-order valence-corrected chi connectivity index (χ1v) is 6.55. The van der Waals surface area contributed by atoms with Crippen LogP contribution in [0.5, 0.6) is 0 Å². The van der Waals surface area contributed by atoms with Gasteiger partial charge in [0, 0.05) is 39.4 Å². The van der Waals surface area contributed by atoms with Crippen molar-refractivity contribution in [1.29, 1.82) is 0 Å². The van der Waals surface area contributed by atoms with Gasteiger partial charge in [-0.05, 0) is 18.3 Å². The predicted octanol–water partition coefficient (Wildman–Crippen LogP) is 0.848. The van der Waals surface area contributed by atoms with Gasteiger partial charge in [-0.1, -0.05) is 13.8 Å². The number of hydrogen-bond donors (Lipinski definition) is 1. The molecule has 2 aliphatic rings. The SMILES string of the molecule is COC1CN(C2CCC(C)(C)C2N)CC1OC. The van der Waals surface area contributed by atoms with Gasteiger partial charge in [0.1, 0.15) is 0 Å². The van der Waals surface area contributed by atoms with E-state index in [2.05, 4.69) is 18.7 Å². The summed E-state index contributed by atoms with van der Waals surface area (Å²) in [5.74, 6) is 0. The van der Waals surface area contributed by atoms with Gasteiger partial charge in [-0.3, -0.25) is 4.90 Å². The molecule has 2 rings (SSSR count). The summed E-state index contributed by atoms with van der Waals surface area (Å²) in [5, 5.41) is 0. The van der Waals surface area contributed by atoms with Crippen molar-refractivity contribution in [3.8, 4) is 0 Å².